The maximum absolute atomic E-state index is 12.1. The highest BCUT2D eigenvalue weighted by Crippen LogP contribution is 2.25. The van der Waals surface area contributed by atoms with Gasteiger partial charge in [0, 0.05) is 6.54 Å². The molecule has 1 saturated heterocycles. The van der Waals surface area contributed by atoms with Gasteiger partial charge in [0.15, 0.2) is 6.04 Å². The summed E-state index contributed by atoms with van der Waals surface area (Å²) in [5.74, 6) is -0.637. The van der Waals surface area contributed by atoms with Gasteiger partial charge < -0.3 is 19.5 Å². The largest absolute Gasteiger partial charge is 0.480 e. The van der Waals surface area contributed by atoms with E-state index >= 15 is 0 Å². The zero-order valence-corrected chi connectivity index (χ0v) is 11.9. The highest BCUT2D eigenvalue weighted by molar-refractivity contribution is 5.84. The summed E-state index contributed by atoms with van der Waals surface area (Å²) in [4.78, 5) is 24.6. The molecule has 6 heteroatoms. The fourth-order valence-electron chi connectivity index (χ4n) is 2.91. The van der Waals surface area contributed by atoms with Gasteiger partial charge in [-0.15, -0.1) is 0 Å². The standard InChI is InChI=1S/C14H23NO5/c1-10-3-2-4-11(7-10)20-9-13(16)15-5-6-19-8-12(15)14(17)18/h10-12H,2-9H2,1H3,(H,17,18). The van der Waals surface area contributed by atoms with Crippen molar-refractivity contribution < 1.29 is 24.2 Å². The first-order valence-electron chi connectivity index (χ1n) is 7.29. The van der Waals surface area contributed by atoms with Crippen LogP contribution in [0.3, 0.4) is 0 Å². The predicted octanol–water partition coefficient (Wildman–Crippen LogP) is 0.894. The van der Waals surface area contributed by atoms with Crippen LogP contribution in [-0.2, 0) is 19.1 Å². The van der Waals surface area contributed by atoms with Crippen molar-refractivity contribution >= 4 is 11.9 Å². The second-order valence-electron chi connectivity index (χ2n) is 5.72. The van der Waals surface area contributed by atoms with Gasteiger partial charge >= 0.3 is 5.97 Å². The van der Waals surface area contributed by atoms with Crippen molar-refractivity contribution in [2.45, 2.75) is 44.8 Å². The van der Waals surface area contributed by atoms with Crippen LogP contribution in [0.25, 0.3) is 0 Å². The minimum atomic E-state index is -1.02. The Morgan fingerprint density at radius 2 is 2.20 bits per heavy atom. The molecule has 2 rings (SSSR count). The van der Waals surface area contributed by atoms with E-state index in [9.17, 15) is 9.59 Å². The summed E-state index contributed by atoms with van der Waals surface area (Å²) in [7, 11) is 0. The maximum Gasteiger partial charge on any atom is 0.328 e. The first-order valence-corrected chi connectivity index (χ1v) is 7.29. The molecule has 0 bridgehead atoms. The number of ether oxygens (including phenoxy) is 2. The van der Waals surface area contributed by atoms with Gasteiger partial charge in [-0.2, -0.15) is 0 Å². The minimum absolute atomic E-state index is 0.0266. The molecule has 1 saturated carbocycles. The number of rotatable bonds is 4. The van der Waals surface area contributed by atoms with E-state index in [4.69, 9.17) is 14.6 Å². The van der Waals surface area contributed by atoms with Gasteiger partial charge in [0.2, 0.25) is 5.91 Å². The van der Waals surface area contributed by atoms with E-state index in [-0.39, 0.29) is 25.2 Å². The number of amides is 1. The van der Waals surface area contributed by atoms with E-state index in [0.717, 1.165) is 19.3 Å². The highest BCUT2D eigenvalue weighted by atomic mass is 16.5. The molecule has 3 atom stereocenters. The van der Waals surface area contributed by atoms with Crippen LogP contribution in [0.5, 0.6) is 0 Å². The lowest BCUT2D eigenvalue weighted by Gasteiger charge is -2.33. The topological polar surface area (TPSA) is 76.1 Å². The molecule has 2 fully saturated rings. The van der Waals surface area contributed by atoms with Crippen molar-refractivity contribution in [2.24, 2.45) is 5.92 Å². The van der Waals surface area contributed by atoms with E-state index < -0.39 is 12.0 Å². The van der Waals surface area contributed by atoms with Crippen molar-refractivity contribution in [1.29, 1.82) is 0 Å². The molecule has 0 aromatic heterocycles. The van der Waals surface area contributed by atoms with Gasteiger partial charge in [-0.3, -0.25) is 4.79 Å². The fraction of sp³-hybridized carbons (Fsp3) is 0.857. The molecule has 0 spiro atoms. The van der Waals surface area contributed by atoms with E-state index in [1.54, 1.807) is 0 Å². The second-order valence-corrected chi connectivity index (χ2v) is 5.72. The van der Waals surface area contributed by atoms with Crippen molar-refractivity contribution in [1.82, 2.24) is 4.90 Å². The maximum atomic E-state index is 12.1. The molecule has 0 aromatic rings. The van der Waals surface area contributed by atoms with Crippen molar-refractivity contribution in [3.8, 4) is 0 Å². The summed E-state index contributed by atoms with van der Waals surface area (Å²) in [5.41, 5.74) is 0. The molecule has 1 amide bonds. The van der Waals surface area contributed by atoms with Crippen LogP contribution < -0.4 is 0 Å². The monoisotopic (exact) mass is 285 g/mol. The normalized spacial score (nSPS) is 31.1. The van der Waals surface area contributed by atoms with Crippen LogP contribution in [0.1, 0.15) is 32.6 Å². The molecule has 1 aliphatic heterocycles. The van der Waals surface area contributed by atoms with Crippen LogP contribution in [0.4, 0.5) is 0 Å². The van der Waals surface area contributed by atoms with E-state index in [1.165, 1.54) is 11.3 Å². The van der Waals surface area contributed by atoms with E-state index in [2.05, 4.69) is 6.92 Å². The Morgan fingerprint density at radius 3 is 2.90 bits per heavy atom. The molecule has 0 radical (unpaired) electrons. The Bertz CT molecular complexity index is 359. The molecule has 2 aliphatic rings. The lowest BCUT2D eigenvalue weighted by molar-refractivity contribution is -0.161. The SMILES string of the molecule is CC1CCCC(OCC(=O)N2CCOCC2C(=O)O)C1. The fourth-order valence-corrected chi connectivity index (χ4v) is 2.91. The van der Waals surface area contributed by atoms with Crippen LogP contribution in [0.15, 0.2) is 0 Å². The average Bonchev–Trinajstić information content (AvgIpc) is 2.45. The van der Waals surface area contributed by atoms with Gasteiger partial charge in [-0.05, 0) is 18.8 Å². The van der Waals surface area contributed by atoms with Crippen LogP contribution >= 0.6 is 0 Å². The summed E-state index contributed by atoms with van der Waals surface area (Å²) in [5, 5.41) is 9.09. The van der Waals surface area contributed by atoms with Crippen LogP contribution in [0.2, 0.25) is 0 Å². The Labute approximate surface area is 119 Å². The lowest BCUT2D eigenvalue weighted by Crippen LogP contribution is -2.53. The number of morpholine rings is 1. The molecule has 1 N–H and O–H groups in total. The third kappa shape index (κ3) is 3.93. The highest BCUT2D eigenvalue weighted by Gasteiger charge is 2.33. The summed E-state index contributed by atoms with van der Waals surface area (Å²) >= 11 is 0. The van der Waals surface area contributed by atoms with Crippen LogP contribution in [-0.4, -0.2) is 60.4 Å². The number of carboxylic acids is 1. The quantitative estimate of drug-likeness (QED) is 0.830. The molecular formula is C14H23NO5. The van der Waals surface area contributed by atoms with Crippen LogP contribution in [0, 0.1) is 5.92 Å². The second kappa shape index (κ2) is 7.04. The molecule has 0 aromatic carbocycles. The molecule has 1 heterocycles. The predicted molar refractivity (Wildman–Crippen MR) is 71.3 cm³/mol. The third-order valence-corrected chi connectivity index (χ3v) is 4.06. The van der Waals surface area contributed by atoms with Gasteiger partial charge in [-0.25, -0.2) is 4.79 Å². The minimum Gasteiger partial charge on any atom is -0.480 e. The number of aliphatic carboxylic acids is 1. The smallest absolute Gasteiger partial charge is 0.328 e. The van der Waals surface area contributed by atoms with E-state index in [1.807, 2.05) is 0 Å². The number of carbonyl (C=O) groups excluding carboxylic acids is 1. The lowest BCUT2D eigenvalue weighted by atomic mass is 9.89. The molecule has 6 nitrogen and oxygen atoms in total. The Balaban J connectivity index is 1.82. The summed E-state index contributed by atoms with van der Waals surface area (Å²) in [6, 6.07) is -0.884. The Kier molecular flexibility index (Phi) is 5.37. The summed E-state index contributed by atoms with van der Waals surface area (Å²) in [6.45, 7) is 2.93. The number of carbonyl (C=O) groups is 2. The number of hydrogen-bond acceptors (Lipinski definition) is 4. The average molecular weight is 285 g/mol. The van der Waals surface area contributed by atoms with Crippen molar-refractivity contribution in [2.75, 3.05) is 26.4 Å². The zero-order chi connectivity index (χ0) is 14.5. The van der Waals surface area contributed by atoms with Gasteiger partial charge in [0.1, 0.15) is 6.61 Å². The molecule has 3 unspecified atom stereocenters. The van der Waals surface area contributed by atoms with Crippen molar-refractivity contribution in [3.63, 3.8) is 0 Å². The summed E-state index contributed by atoms with van der Waals surface area (Å²) in [6.07, 6.45) is 4.46. The van der Waals surface area contributed by atoms with Crippen molar-refractivity contribution in [3.05, 3.63) is 0 Å². The zero-order valence-electron chi connectivity index (χ0n) is 11.9. The first-order chi connectivity index (χ1) is 9.58. The number of carboxylic acid groups (broad SMARTS) is 1. The molecule has 1 aliphatic carbocycles. The molecule has 20 heavy (non-hydrogen) atoms. The molecular weight excluding hydrogens is 262 g/mol. The summed E-state index contributed by atoms with van der Waals surface area (Å²) < 4.78 is 10.8. The number of nitrogens with zero attached hydrogens (tertiary/aromatic N) is 1. The van der Waals surface area contributed by atoms with Gasteiger partial charge in [0.25, 0.3) is 0 Å². The van der Waals surface area contributed by atoms with E-state index in [0.29, 0.717) is 19.1 Å². The Hall–Kier alpha value is -1.14. The number of hydrogen-bond donors (Lipinski definition) is 1. The first kappa shape index (κ1) is 15.3. The Morgan fingerprint density at radius 1 is 1.40 bits per heavy atom. The molecule has 114 valence electrons. The van der Waals surface area contributed by atoms with Gasteiger partial charge in [-0.1, -0.05) is 19.8 Å². The third-order valence-electron chi connectivity index (χ3n) is 4.06. The van der Waals surface area contributed by atoms with Gasteiger partial charge in [0.05, 0.1) is 19.3 Å².